The van der Waals surface area contributed by atoms with Gasteiger partial charge in [0.05, 0.1) is 11.8 Å². The molecule has 1 N–H and O–H groups in total. The van der Waals surface area contributed by atoms with Crippen LogP contribution in [-0.2, 0) is 14.6 Å². The van der Waals surface area contributed by atoms with Crippen LogP contribution in [0.25, 0.3) is 0 Å². The third kappa shape index (κ3) is 4.04. The molecule has 5 nitrogen and oxygen atoms in total. The summed E-state index contributed by atoms with van der Waals surface area (Å²) in [5, 5.41) is 3.33. The number of nitrogens with one attached hydrogen (secondary N) is 1. The molecule has 1 heterocycles. The van der Waals surface area contributed by atoms with Crippen LogP contribution in [0.2, 0.25) is 0 Å². The summed E-state index contributed by atoms with van der Waals surface area (Å²) >= 11 is 0. The minimum Gasteiger partial charge on any atom is -0.321 e. The van der Waals surface area contributed by atoms with Gasteiger partial charge in [0.25, 0.3) is 0 Å². The average Bonchev–Trinajstić information content (AvgIpc) is 2.74. The maximum atomic E-state index is 12.5. The van der Waals surface area contributed by atoms with E-state index in [0.717, 1.165) is 18.4 Å². The minimum atomic E-state index is -3.09. The van der Waals surface area contributed by atoms with Gasteiger partial charge in [-0.05, 0) is 12.0 Å². The molecule has 1 amide bonds. The Morgan fingerprint density at radius 3 is 2.48 bits per heavy atom. The number of sulfone groups is 1. The van der Waals surface area contributed by atoms with Gasteiger partial charge in [-0.25, -0.2) is 8.42 Å². The van der Waals surface area contributed by atoms with E-state index in [9.17, 15) is 13.2 Å². The van der Waals surface area contributed by atoms with Gasteiger partial charge >= 0.3 is 0 Å². The summed E-state index contributed by atoms with van der Waals surface area (Å²) in [7, 11) is -3.09. The van der Waals surface area contributed by atoms with E-state index in [1.165, 1.54) is 6.26 Å². The van der Waals surface area contributed by atoms with Crippen LogP contribution in [0.3, 0.4) is 0 Å². The number of benzene rings is 1. The molecule has 21 heavy (non-hydrogen) atoms. The van der Waals surface area contributed by atoms with Gasteiger partial charge in [-0.1, -0.05) is 43.7 Å². The molecule has 0 spiro atoms. The molecule has 0 bridgehead atoms. The lowest BCUT2D eigenvalue weighted by atomic mass is 10.1. The van der Waals surface area contributed by atoms with Gasteiger partial charge in [-0.15, -0.1) is 0 Å². The fourth-order valence-electron chi connectivity index (χ4n) is 2.59. The molecule has 2 atom stereocenters. The lowest BCUT2D eigenvalue weighted by Crippen LogP contribution is -2.35. The predicted octanol–water partition coefficient (Wildman–Crippen LogP) is 1.33. The van der Waals surface area contributed by atoms with Crippen molar-refractivity contribution in [1.82, 2.24) is 10.2 Å². The van der Waals surface area contributed by atoms with E-state index >= 15 is 0 Å². The van der Waals surface area contributed by atoms with E-state index in [4.69, 9.17) is 0 Å². The Morgan fingerprint density at radius 1 is 1.24 bits per heavy atom. The van der Waals surface area contributed by atoms with Gasteiger partial charge in [0.15, 0.2) is 0 Å². The normalized spacial score (nSPS) is 22.8. The lowest BCUT2D eigenvalue weighted by Gasteiger charge is -2.24. The van der Waals surface area contributed by atoms with Gasteiger partial charge in [0.2, 0.25) is 5.91 Å². The van der Waals surface area contributed by atoms with Crippen molar-refractivity contribution in [3.8, 4) is 0 Å². The van der Waals surface area contributed by atoms with Crippen LogP contribution in [0, 0.1) is 0 Å². The van der Waals surface area contributed by atoms with Gasteiger partial charge in [0.1, 0.15) is 16.0 Å². The average molecular weight is 310 g/mol. The third-order valence-corrected chi connectivity index (χ3v) is 4.57. The minimum absolute atomic E-state index is 0.00523. The first-order chi connectivity index (χ1) is 9.92. The molecule has 0 saturated carbocycles. The quantitative estimate of drug-likeness (QED) is 0.861. The number of carbonyl (C=O) groups is 1. The van der Waals surface area contributed by atoms with E-state index in [1.807, 2.05) is 37.3 Å². The van der Waals surface area contributed by atoms with Crippen LogP contribution in [0.4, 0.5) is 0 Å². The van der Waals surface area contributed by atoms with Crippen molar-refractivity contribution in [2.24, 2.45) is 0 Å². The fraction of sp³-hybridized carbons (Fsp3) is 0.533. The number of nitrogens with zero attached hydrogens (tertiary/aromatic N) is 1. The number of carbonyl (C=O) groups excluding carboxylic acids is 1. The van der Waals surface area contributed by atoms with Crippen LogP contribution in [-0.4, -0.2) is 43.8 Å². The van der Waals surface area contributed by atoms with Crippen LogP contribution >= 0.6 is 0 Å². The van der Waals surface area contributed by atoms with Crippen LogP contribution in [0.15, 0.2) is 30.3 Å². The van der Waals surface area contributed by atoms with Crippen LogP contribution in [0.5, 0.6) is 0 Å². The zero-order valence-electron chi connectivity index (χ0n) is 12.5. The lowest BCUT2D eigenvalue weighted by molar-refractivity contribution is -0.130. The van der Waals surface area contributed by atoms with Crippen molar-refractivity contribution in [1.29, 1.82) is 0 Å². The zero-order valence-corrected chi connectivity index (χ0v) is 13.3. The van der Waals surface area contributed by atoms with E-state index in [2.05, 4.69) is 5.32 Å². The summed E-state index contributed by atoms with van der Waals surface area (Å²) in [5.74, 6) is -0.0165. The van der Waals surface area contributed by atoms with Crippen molar-refractivity contribution >= 4 is 15.7 Å². The standard InChI is InChI=1S/C15H22N2O3S/c1-3-7-13-15(18)17(10-11-21(2,19)20)14(16-13)12-8-5-4-6-9-12/h4-6,8-9,13-14,16H,3,7,10-11H2,1-2H3. The summed E-state index contributed by atoms with van der Waals surface area (Å²) < 4.78 is 22.8. The first-order valence-electron chi connectivity index (χ1n) is 7.21. The number of hydrogen-bond donors (Lipinski definition) is 1. The Bertz CT molecular complexity index is 586. The molecule has 1 fully saturated rings. The summed E-state index contributed by atoms with van der Waals surface area (Å²) in [6.07, 6.45) is 2.63. The topological polar surface area (TPSA) is 66.5 Å². The fourth-order valence-corrected chi connectivity index (χ4v) is 3.12. The Balaban J connectivity index is 2.21. The summed E-state index contributed by atoms with van der Waals surface area (Å²) in [4.78, 5) is 14.1. The Hall–Kier alpha value is -1.40. The van der Waals surface area contributed by atoms with Gasteiger partial charge in [-0.3, -0.25) is 10.1 Å². The molecule has 1 aliphatic rings. The molecule has 0 aromatic heterocycles. The molecular formula is C15H22N2O3S. The van der Waals surface area contributed by atoms with E-state index < -0.39 is 9.84 Å². The molecule has 2 rings (SSSR count). The number of amides is 1. The molecule has 2 unspecified atom stereocenters. The molecule has 1 aromatic carbocycles. The van der Waals surface area contributed by atoms with E-state index in [1.54, 1.807) is 4.90 Å². The number of hydrogen-bond acceptors (Lipinski definition) is 4. The van der Waals surface area contributed by atoms with E-state index in [-0.39, 0.29) is 30.4 Å². The van der Waals surface area contributed by atoms with Crippen molar-refractivity contribution in [2.75, 3.05) is 18.6 Å². The Morgan fingerprint density at radius 2 is 1.90 bits per heavy atom. The van der Waals surface area contributed by atoms with Gasteiger partial charge in [0, 0.05) is 12.8 Å². The van der Waals surface area contributed by atoms with Crippen molar-refractivity contribution < 1.29 is 13.2 Å². The first kappa shape index (κ1) is 16.0. The summed E-state index contributed by atoms with van der Waals surface area (Å²) in [6.45, 7) is 2.26. The molecule has 0 aliphatic carbocycles. The maximum Gasteiger partial charge on any atom is 0.241 e. The maximum absolute atomic E-state index is 12.5. The molecule has 0 radical (unpaired) electrons. The molecule has 1 aliphatic heterocycles. The largest absolute Gasteiger partial charge is 0.321 e. The summed E-state index contributed by atoms with van der Waals surface area (Å²) in [6, 6.07) is 9.44. The molecule has 116 valence electrons. The predicted molar refractivity (Wildman–Crippen MR) is 82.4 cm³/mol. The van der Waals surface area contributed by atoms with E-state index in [0.29, 0.717) is 0 Å². The zero-order chi connectivity index (χ0) is 15.5. The van der Waals surface area contributed by atoms with Gasteiger partial charge < -0.3 is 4.90 Å². The highest BCUT2D eigenvalue weighted by atomic mass is 32.2. The van der Waals surface area contributed by atoms with Crippen LogP contribution < -0.4 is 5.32 Å². The highest BCUT2D eigenvalue weighted by molar-refractivity contribution is 7.90. The molecular weight excluding hydrogens is 288 g/mol. The second kappa shape index (κ2) is 6.58. The SMILES string of the molecule is CCCC1NC(c2ccccc2)N(CCS(C)(=O)=O)C1=O. The molecule has 1 aromatic rings. The van der Waals surface area contributed by atoms with Crippen molar-refractivity contribution in [3.05, 3.63) is 35.9 Å². The number of rotatable bonds is 6. The second-order valence-corrected chi connectivity index (χ2v) is 7.74. The third-order valence-electron chi connectivity index (χ3n) is 3.65. The smallest absolute Gasteiger partial charge is 0.241 e. The Kier molecular flexibility index (Phi) is 5.00. The highest BCUT2D eigenvalue weighted by Gasteiger charge is 2.38. The second-order valence-electron chi connectivity index (χ2n) is 5.48. The van der Waals surface area contributed by atoms with Gasteiger partial charge in [-0.2, -0.15) is 0 Å². The molecule has 6 heteroatoms. The first-order valence-corrected chi connectivity index (χ1v) is 9.27. The monoisotopic (exact) mass is 310 g/mol. The van der Waals surface area contributed by atoms with Crippen molar-refractivity contribution in [3.63, 3.8) is 0 Å². The molecule has 1 saturated heterocycles. The highest BCUT2D eigenvalue weighted by Crippen LogP contribution is 2.26. The van der Waals surface area contributed by atoms with Crippen molar-refractivity contribution in [2.45, 2.75) is 32.0 Å². The van der Waals surface area contributed by atoms with Crippen LogP contribution in [0.1, 0.15) is 31.5 Å². The summed E-state index contributed by atoms with van der Waals surface area (Å²) in [5.41, 5.74) is 0.984. The Labute approximate surface area is 126 Å².